The van der Waals surface area contributed by atoms with E-state index in [1.54, 1.807) is 12.1 Å². The Hall–Kier alpha value is -3.43. The first-order chi connectivity index (χ1) is 16.9. The molecule has 0 amide bonds. The van der Waals surface area contributed by atoms with Crippen molar-refractivity contribution < 1.29 is 18.3 Å². The molecule has 0 aliphatic carbocycles. The number of carbonyl (C=O) groups excluding carboxylic acids is 1. The zero-order valence-electron chi connectivity index (χ0n) is 19.4. The molecule has 1 aliphatic heterocycles. The summed E-state index contributed by atoms with van der Waals surface area (Å²) >= 11 is 1.39. The summed E-state index contributed by atoms with van der Waals surface area (Å²) in [6, 6.07) is 9.39. The van der Waals surface area contributed by atoms with Gasteiger partial charge in [0, 0.05) is 37.8 Å². The Morgan fingerprint density at radius 2 is 2.03 bits per heavy atom. The van der Waals surface area contributed by atoms with Crippen LogP contribution in [0.4, 0.5) is 8.78 Å². The van der Waals surface area contributed by atoms with Crippen LogP contribution in [-0.2, 0) is 20.2 Å². The maximum absolute atomic E-state index is 14.3. The average Bonchev–Trinajstić information content (AvgIpc) is 3.37. The number of ether oxygens (including phenoxy) is 1. The standard InChI is InChI=1S/C26H24F2N4O2S/c1-16-3-4-18(21(28)9-16)15-34-25-11-19(27)10-22(29-25)17-5-7-32(8-6-17)13-24-30-26-23(31(24)2)12-20(14-33)35-26/h3-5,9-12,14H,6-8,13,15H2,1-2H3. The Labute approximate surface area is 205 Å². The van der Waals surface area contributed by atoms with Crippen molar-refractivity contribution in [1.29, 1.82) is 0 Å². The summed E-state index contributed by atoms with van der Waals surface area (Å²) in [5.41, 5.74) is 3.66. The Kier molecular flexibility index (Phi) is 6.44. The Bertz CT molecular complexity index is 1440. The lowest BCUT2D eigenvalue weighted by molar-refractivity contribution is 0.112. The van der Waals surface area contributed by atoms with Gasteiger partial charge in [0.2, 0.25) is 5.88 Å². The minimum Gasteiger partial charge on any atom is -0.473 e. The summed E-state index contributed by atoms with van der Waals surface area (Å²) in [4.78, 5) is 24.0. The largest absolute Gasteiger partial charge is 0.473 e. The van der Waals surface area contributed by atoms with Crippen molar-refractivity contribution in [3.8, 4) is 5.88 Å². The molecule has 35 heavy (non-hydrogen) atoms. The fraction of sp³-hybridized carbons (Fsp3) is 0.269. The monoisotopic (exact) mass is 494 g/mol. The molecule has 4 heterocycles. The zero-order chi connectivity index (χ0) is 24.5. The molecular weight excluding hydrogens is 470 g/mol. The Morgan fingerprint density at radius 3 is 2.74 bits per heavy atom. The maximum atomic E-state index is 14.3. The van der Waals surface area contributed by atoms with Crippen molar-refractivity contribution in [3.63, 3.8) is 0 Å². The fourth-order valence-corrected chi connectivity index (χ4v) is 5.05. The second-order valence-electron chi connectivity index (χ2n) is 8.65. The number of hydrogen-bond acceptors (Lipinski definition) is 6. The lowest BCUT2D eigenvalue weighted by Gasteiger charge is -2.26. The fourth-order valence-electron chi connectivity index (χ4n) is 4.16. The topological polar surface area (TPSA) is 60.2 Å². The average molecular weight is 495 g/mol. The lowest BCUT2D eigenvalue weighted by Crippen LogP contribution is -2.29. The van der Waals surface area contributed by atoms with Crippen LogP contribution in [0.25, 0.3) is 15.9 Å². The van der Waals surface area contributed by atoms with Gasteiger partial charge < -0.3 is 9.30 Å². The van der Waals surface area contributed by atoms with Gasteiger partial charge in [0.05, 0.1) is 22.6 Å². The first-order valence-electron chi connectivity index (χ1n) is 11.3. The van der Waals surface area contributed by atoms with E-state index in [2.05, 4.69) is 14.9 Å². The first kappa shape index (κ1) is 23.3. The molecule has 0 saturated heterocycles. The predicted octanol–water partition coefficient (Wildman–Crippen LogP) is 5.30. The van der Waals surface area contributed by atoms with Crippen LogP contribution in [-0.4, -0.2) is 38.8 Å². The van der Waals surface area contributed by atoms with Gasteiger partial charge in [-0.3, -0.25) is 9.69 Å². The summed E-state index contributed by atoms with van der Waals surface area (Å²) in [5.74, 6) is 0.267. The summed E-state index contributed by atoms with van der Waals surface area (Å²) in [6.07, 6.45) is 3.60. The highest BCUT2D eigenvalue weighted by Crippen LogP contribution is 2.27. The molecule has 0 fully saturated rings. The van der Waals surface area contributed by atoms with Gasteiger partial charge in [-0.05, 0) is 36.6 Å². The smallest absolute Gasteiger partial charge is 0.217 e. The molecule has 6 nitrogen and oxygen atoms in total. The molecule has 0 N–H and O–H groups in total. The van der Waals surface area contributed by atoms with E-state index in [0.29, 0.717) is 35.6 Å². The third-order valence-corrected chi connectivity index (χ3v) is 7.09. The summed E-state index contributed by atoms with van der Waals surface area (Å²) in [6.45, 7) is 3.92. The molecule has 0 spiro atoms. The van der Waals surface area contributed by atoms with Gasteiger partial charge in [0.1, 0.15) is 28.9 Å². The van der Waals surface area contributed by atoms with Gasteiger partial charge in [-0.15, -0.1) is 11.3 Å². The number of aryl methyl sites for hydroxylation is 2. The molecule has 0 saturated carbocycles. The van der Waals surface area contributed by atoms with E-state index in [1.807, 2.05) is 30.7 Å². The molecule has 1 aromatic carbocycles. The van der Waals surface area contributed by atoms with Crippen LogP contribution < -0.4 is 4.74 Å². The van der Waals surface area contributed by atoms with Crippen LogP contribution in [0, 0.1) is 18.6 Å². The third-order valence-electron chi connectivity index (χ3n) is 6.15. The molecule has 180 valence electrons. The van der Waals surface area contributed by atoms with E-state index in [9.17, 15) is 13.6 Å². The van der Waals surface area contributed by atoms with Crippen molar-refractivity contribution in [1.82, 2.24) is 19.4 Å². The van der Waals surface area contributed by atoms with Crippen molar-refractivity contribution in [3.05, 3.63) is 81.6 Å². The molecule has 9 heteroatoms. The van der Waals surface area contributed by atoms with Crippen LogP contribution in [0.15, 0.2) is 42.5 Å². The molecule has 0 radical (unpaired) electrons. The molecule has 3 aromatic heterocycles. The summed E-state index contributed by atoms with van der Waals surface area (Å²) in [5, 5.41) is 0. The molecule has 4 aromatic rings. The van der Waals surface area contributed by atoms with Crippen LogP contribution in [0.5, 0.6) is 5.88 Å². The van der Waals surface area contributed by atoms with Crippen LogP contribution >= 0.6 is 11.3 Å². The SMILES string of the molecule is Cc1ccc(COc2cc(F)cc(C3=CCN(Cc4nc5sc(C=O)cc5n4C)CC3)n2)c(F)c1. The number of imidazole rings is 1. The molecule has 0 atom stereocenters. The molecule has 5 rings (SSSR count). The first-order valence-corrected chi connectivity index (χ1v) is 12.1. The van der Waals surface area contributed by atoms with E-state index in [0.717, 1.165) is 40.1 Å². The Morgan fingerprint density at radius 1 is 1.17 bits per heavy atom. The van der Waals surface area contributed by atoms with Crippen molar-refractivity contribution in [2.75, 3.05) is 13.1 Å². The molecular formula is C26H24F2N4O2S. The molecule has 1 aliphatic rings. The summed E-state index contributed by atoms with van der Waals surface area (Å²) in [7, 11) is 1.96. The van der Waals surface area contributed by atoms with Gasteiger partial charge in [-0.25, -0.2) is 18.7 Å². The second kappa shape index (κ2) is 9.67. The minimum absolute atomic E-state index is 0.0235. The zero-order valence-corrected chi connectivity index (χ0v) is 20.2. The van der Waals surface area contributed by atoms with Crippen molar-refractivity contribution >= 4 is 33.5 Å². The number of benzene rings is 1. The number of aldehydes is 1. The third kappa shape index (κ3) is 5.01. The number of pyridine rings is 1. The molecule has 0 unspecified atom stereocenters. The highest BCUT2D eigenvalue weighted by Gasteiger charge is 2.19. The lowest BCUT2D eigenvalue weighted by atomic mass is 10.0. The van der Waals surface area contributed by atoms with Crippen LogP contribution in [0.3, 0.4) is 0 Å². The van der Waals surface area contributed by atoms with E-state index < -0.39 is 5.82 Å². The van der Waals surface area contributed by atoms with Gasteiger partial charge in [0.15, 0.2) is 6.29 Å². The molecule has 0 bridgehead atoms. The van der Waals surface area contributed by atoms with E-state index in [4.69, 9.17) is 4.74 Å². The number of halogens is 2. The van der Waals surface area contributed by atoms with E-state index >= 15 is 0 Å². The van der Waals surface area contributed by atoms with E-state index in [1.165, 1.54) is 29.5 Å². The predicted molar refractivity (Wildman–Crippen MR) is 132 cm³/mol. The van der Waals surface area contributed by atoms with Gasteiger partial charge in [0.25, 0.3) is 0 Å². The van der Waals surface area contributed by atoms with Crippen molar-refractivity contribution in [2.45, 2.75) is 26.5 Å². The number of hydrogen-bond donors (Lipinski definition) is 0. The number of aromatic nitrogens is 3. The van der Waals surface area contributed by atoms with Crippen molar-refractivity contribution in [2.24, 2.45) is 7.05 Å². The van der Waals surface area contributed by atoms with Gasteiger partial charge in [-0.1, -0.05) is 18.2 Å². The number of rotatable bonds is 7. The highest BCUT2D eigenvalue weighted by molar-refractivity contribution is 7.20. The van der Waals surface area contributed by atoms with E-state index in [-0.39, 0.29) is 18.3 Å². The van der Waals surface area contributed by atoms with Crippen LogP contribution in [0.2, 0.25) is 0 Å². The van der Waals surface area contributed by atoms with Gasteiger partial charge in [-0.2, -0.15) is 0 Å². The number of fused-ring (bicyclic) bond motifs is 1. The van der Waals surface area contributed by atoms with Crippen LogP contribution in [0.1, 0.15) is 38.7 Å². The summed E-state index contributed by atoms with van der Waals surface area (Å²) < 4.78 is 36.0. The highest BCUT2D eigenvalue weighted by atomic mass is 32.1. The quantitative estimate of drug-likeness (QED) is 0.327. The van der Waals surface area contributed by atoms with Gasteiger partial charge >= 0.3 is 0 Å². The number of thiophene rings is 1. The normalized spacial score (nSPS) is 14.3. The number of nitrogens with zero attached hydrogens (tertiary/aromatic N) is 4. The Balaban J connectivity index is 1.26. The minimum atomic E-state index is -0.444. The maximum Gasteiger partial charge on any atom is 0.217 e. The second-order valence-corrected chi connectivity index (χ2v) is 9.71. The number of carbonyl (C=O) groups is 1.